The fraction of sp³-hybridized carbons (Fsp3) is 0.300. The molecular weight excluding hydrogens is 428 g/mol. The average molecular weight is 449 g/mol. The van der Waals surface area contributed by atoms with Crippen molar-refractivity contribution in [2.45, 2.75) is 23.8 Å². The van der Waals surface area contributed by atoms with E-state index in [9.17, 15) is 8.42 Å². The predicted molar refractivity (Wildman–Crippen MR) is 110 cm³/mol. The van der Waals surface area contributed by atoms with Gasteiger partial charge >= 0.3 is 0 Å². The summed E-state index contributed by atoms with van der Waals surface area (Å²) in [6.07, 6.45) is 6.42. The Morgan fingerprint density at radius 1 is 1.11 bits per heavy atom. The number of halogens is 1. The summed E-state index contributed by atoms with van der Waals surface area (Å²) in [6.45, 7) is 2.06. The average Bonchev–Trinajstić information content (AvgIpc) is 2.68. The van der Waals surface area contributed by atoms with E-state index >= 15 is 0 Å². The maximum absolute atomic E-state index is 12.6. The van der Waals surface area contributed by atoms with Gasteiger partial charge in [0.2, 0.25) is 0 Å². The standard InChI is InChI=1S/C20H21BrN2O3S/c21-16-2-1-3-18(13-16)27(24,25)23-17-5-7-20-15(12-17)4-6-19(26-20)14-8-10-22-11-9-14/h1-7,12-14,19,22-23H,8-11H2. The van der Waals surface area contributed by atoms with Gasteiger partial charge in [0.1, 0.15) is 11.9 Å². The van der Waals surface area contributed by atoms with Gasteiger partial charge in [-0.1, -0.05) is 28.1 Å². The number of ether oxygens (including phenoxy) is 1. The van der Waals surface area contributed by atoms with E-state index in [-0.39, 0.29) is 11.0 Å². The Hall–Kier alpha value is -1.83. The van der Waals surface area contributed by atoms with Crippen molar-refractivity contribution in [1.82, 2.24) is 5.32 Å². The highest BCUT2D eigenvalue weighted by Crippen LogP contribution is 2.33. The number of rotatable bonds is 4. The van der Waals surface area contributed by atoms with Crippen LogP contribution in [0.5, 0.6) is 5.75 Å². The number of sulfonamides is 1. The van der Waals surface area contributed by atoms with Gasteiger partial charge in [-0.05, 0) is 68.4 Å². The Bertz CT molecular complexity index is 969. The molecule has 142 valence electrons. The summed E-state index contributed by atoms with van der Waals surface area (Å²) in [5.74, 6) is 1.32. The van der Waals surface area contributed by atoms with Crippen molar-refractivity contribution in [3.05, 3.63) is 58.6 Å². The molecule has 2 aromatic rings. The van der Waals surface area contributed by atoms with Crippen molar-refractivity contribution < 1.29 is 13.2 Å². The minimum Gasteiger partial charge on any atom is -0.485 e. The number of nitrogens with one attached hydrogen (secondary N) is 2. The highest BCUT2D eigenvalue weighted by atomic mass is 79.9. The van der Waals surface area contributed by atoms with E-state index in [0.29, 0.717) is 11.6 Å². The number of hydrogen-bond donors (Lipinski definition) is 2. The molecule has 0 saturated carbocycles. The van der Waals surface area contributed by atoms with Crippen LogP contribution in [0, 0.1) is 5.92 Å². The first-order valence-corrected chi connectivity index (χ1v) is 11.3. The highest BCUT2D eigenvalue weighted by molar-refractivity contribution is 9.10. The van der Waals surface area contributed by atoms with Crippen LogP contribution in [0.3, 0.4) is 0 Å². The fourth-order valence-corrected chi connectivity index (χ4v) is 5.15. The molecule has 0 radical (unpaired) electrons. The molecule has 2 heterocycles. The van der Waals surface area contributed by atoms with Crippen LogP contribution in [0.1, 0.15) is 18.4 Å². The molecule has 1 unspecified atom stereocenters. The highest BCUT2D eigenvalue weighted by Gasteiger charge is 2.26. The molecule has 1 atom stereocenters. The van der Waals surface area contributed by atoms with Crippen molar-refractivity contribution in [3.8, 4) is 5.75 Å². The number of fused-ring (bicyclic) bond motifs is 1. The summed E-state index contributed by atoms with van der Waals surface area (Å²) in [4.78, 5) is 0.215. The van der Waals surface area contributed by atoms with Crippen LogP contribution in [0.25, 0.3) is 6.08 Å². The molecule has 2 aliphatic heterocycles. The van der Waals surface area contributed by atoms with Crippen LogP contribution >= 0.6 is 15.9 Å². The zero-order valence-corrected chi connectivity index (χ0v) is 17.1. The van der Waals surface area contributed by atoms with Gasteiger partial charge in [-0.3, -0.25) is 4.72 Å². The molecular formula is C20H21BrN2O3S. The number of benzene rings is 2. The van der Waals surface area contributed by atoms with Crippen LogP contribution in [0.15, 0.2) is 57.9 Å². The lowest BCUT2D eigenvalue weighted by Crippen LogP contribution is -2.36. The maximum atomic E-state index is 12.6. The third-order valence-electron chi connectivity index (χ3n) is 4.95. The Morgan fingerprint density at radius 3 is 2.70 bits per heavy atom. The van der Waals surface area contributed by atoms with Gasteiger partial charge in [0, 0.05) is 21.6 Å². The quantitative estimate of drug-likeness (QED) is 0.740. The molecule has 2 N–H and O–H groups in total. The summed E-state index contributed by atoms with van der Waals surface area (Å²) >= 11 is 3.31. The van der Waals surface area contributed by atoms with Gasteiger partial charge in [-0.2, -0.15) is 0 Å². The summed E-state index contributed by atoms with van der Waals surface area (Å²) < 4.78 is 34.7. The molecule has 0 aromatic heterocycles. The molecule has 0 aliphatic carbocycles. The monoisotopic (exact) mass is 448 g/mol. The summed E-state index contributed by atoms with van der Waals surface area (Å²) in [6, 6.07) is 12.0. The third-order valence-corrected chi connectivity index (χ3v) is 6.82. The molecule has 0 amide bonds. The zero-order chi connectivity index (χ0) is 18.9. The SMILES string of the molecule is O=S(=O)(Nc1ccc2c(c1)C=CC(C1CCNCC1)O2)c1cccc(Br)c1. The van der Waals surface area contributed by atoms with E-state index in [1.165, 1.54) is 0 Å². The van der Waals surface area contributed by atoms with E-state index in [0.717, 1.165) is 41.7 Å². The number of piperidine rings is 1. The molecule has 2 aromatic carbocycles. The van der Waals surface area contributed by atoms with E-state index in [1.54, 1.807) is 36.4 Å². The van der Waals surface area contributed by atoms with Gasteiger partial charge in [-0.15, -0.1) is 0 Å². The van der Waals surface area contributed by atoms with Gasteiger partial charge in [0.25, 0.3) is 10.0 Å². The van der Waals surface area contributed by atoms with Crippen LogP contribution in [-0.2, 0) is 10.0 Å². The van der Waals surface area contributed by atoms with Crippen LogP contribution in [-0.4, -0.2) is 27.6 Å². The number of hydrogen-bond acceptors (Lipinski definition) is 4. The van der Waals surface area contributed by atoms with Crippen molar-refractivity contribution in [2.24, 2.45) is 5.92 Å². The lowest BCUT2D eigenvalue weighted by Gasteiger charge is -2.31. The minimum absolute atomic E-state index is 0.0869. The summed E-state index contributed by atoms with van der Waals surface area (Å²) in [5.41, 5.74) is 1.40. The predicted octanol–water partition coefficient (Wildman–Crippen LogP) is 4.02. The second-order valence-electron chi connectivity index (χ2n) is 6.84. The Balaban J connectivity index is 1.52. The molecule has 2 aliphatic rings. The molecule has 7 heteroatoms. The first kappa shape index (κ1) is 18.5. The van der Waals surface area contributed by atoms with Crippen LogP contribution < -0.4 is 14.8 Å². The lowest BCUT2D eigenvalue weighted by molar-refractivity contribution is 0.149. The van der Waals surface area contributed by atoms with Gasteiger partial charge in [0.15, 0.2) is 0 Å². The third kappa shape index (κ3) is 4.20. The van der Waals surface area contributed by atoms with Crippen molar-refractivity contribution in [1.29, 1.82) is 0 Å². The van der Waals surface area contributed by atoms with Crippen molar-refractivity contribution in [3.63, 3.8) is 0 Å². The molecule has 1 fully saturated rings. The van der Waals surface area contributed by atoms with Gasteiger partial charge < -0.3 is 10.1 Å². The Labute approximate surface area is 168 Å². The van der Waals surface area contributed by atoms with Crippen LogP contribution in [0.4, 0.5) is 5.69 Å². The molecule has 1 saturated heterocycles. The van der Waals surface area contributed by atoms with Crippen molar-refractivity contribution in [2.75, 3.05) is 17.8 Å². The minimum atomic E-state index is -3.64. The zero-order valence-electron chi connectivity index (χ0n) is 14.7. The Morgan fingerprint density at radius 2 is 1.93 bits per heavy atom. The molecule has 0 bridgehead atoms. The molecule has 0 spiro atoms. The molecule has 27 heavy (non-hydrogen) atoms. The second-order valence-corrected chi connectivity index (χ2v) is 9.44. The normalized spacial score (nSPS) is 20.0. The summed E-state index contributed by atoms with van der Waals surface area (Å²) in [7, 11) is -3.64. The smallest absolute Gasteiger partial charge is 0.261 e. The first-order valence-electron chi connectivity index (χ1n) is 8.99. The van der Waals surface area contributed by atoms with E-state index < -0.39 is 10.0 Å². The first-order chi connectivity index (χ1) is 13.0. The Kier molecular flexibility index (Phi) is 5.25. The largest absolute Gasteiger partial charge is 0.485 e. The van der Waals surface area contributed by atoms with E-state index in [2.05, 4.69) is 32.0 Å². The molecule has 5 nitrogen and oxygen atoms in total. The maximum Gasteiger partial charge on any atom is 0.261 e. The van der Waals surface area contributed by atoms with Crippen LogP contribution in [0.2, 0.25) is 0 Å². The van der Waals surface area contributed by atoms with Crippen molar-refractivity contribution >= 4 is 37.7 Å². The van der Waals surface area contributed by atoms with Gasteiger partial charge in [0.05, 0.1) is 4.90 Å². The number of anilines is 1. The summed E-state index contributed by atoms with van der Waals surface area (Å²) in [5, 5.41) is 3.37. The van der Waals surface area contributed by atoms with E-state index in [1.807, 2.05) is 12.1 Å². The topological polar surface area (TPSA) is 67.4 Å². The lowest BCUT2D eigenvalue weighted by atomic mass is 9.90. The molecule has 4 rings (SSSR count). The van der Waals surface area contributed by atoms with E-state index in [4.69, 9.17) is 4.74 Å². The second kappa shape index (κ2) is 7.66. The fourth-order valence-electron chi connectivity index (χ4n) is 3.51. The van der Waals surface area contributed by atoms with Gasteiger partial charge in [-0.25, -0.2) is 8.42 Å².